The van der Waals surface area contributed by atoms with Crippen LogP contribution in [0.15, 0.2) is 30.5 Å². The SMILES string of the molecule is N#C[C@@H]1CC(F)CN1C(=O)CNC(=O)c1ccnc2cc(C(F)(F)F)ccc12. The van der Waals surface area contributed by atoms with Gasteiger partial charge in [0.1, 0.15) is 12.2 Å². The van der Waals surface area contributed by atoms with Crippen molar-refractivity contribution in [3.8, 4) is 6.07 Å². The summed E-state index contributed by atoms with van der Waals surface area (Å²) in [6.45, 7) is -0.681. The number of carbonyl (C=O) groups is 2. The first-order chi connectivity index (χ1) is 13.2. The van der Waals surface area contributed by atoms with Gasteiger partial charge < -0.3 is 10.2 Å². The largest absolute Gasteiger partial charge is 0.416 e. The van der Waals surface area contributed by atoms with Crippen LogP contribution in [-0.2, 0) is 11.0 Å². The van der Waals surface area contributed by atoms with Crippen LogP contribution in [-0.4, -0.2) is 47.0 Å². The van der Waals surface area contributed by atoms with Crippen LogP contribution >= 0.6 is 0 Å². The van der Waals surface area contributed by atoms with Crippen molar-refractivity contribution in [3.63, 3.8) is 0 Å². The van der Waals surface area contributed by atoms with Crippen LogP contribution in [0.25, 0.3) is 10.9 Å². The lowest BCUT2D eigenvalue weighted by Gasteiger charge is -2.19. The zero-order chi connectivity index (χ0) is 20.5. The number of nitriles is 1. The van der Waals surface area contributed by atoms with E-state index in [4.69, 9.17) is 5.26 Å². The summed E-state index contributed by atoms with van der Waals surface area (Å²) in [7, 11) is 0. The predicted octanol–water partition coefficient (Wildman–Crippen LogP) is 2.45. The van der Waals surface area contributed by atoms with Gasteiger partial charge in [-0.3, -0.25) is 14.6 Å². The minimum atomic E-state index is -4.54. The van der Waals surface area contributed by atoms with Crippen molar-refractivity contribution in [2.45, 2.75) is 24.8 Å². The number of fused-ring (bicyclic) bond motifs is 1. The van der Waals surface area contributed by atoms with Crippen molar-refractivity contribution in [2.75, 3.05) is 13.1 Å². The number of benzene rings is 1. The van der Waals surface area contributed by atoms with E-state index in [0.29, 0.717) is 0 Å². The summed E-state index contributed by atoms with van der Waals surface area (Å²) in [5.41, 5.74) is -0.858. The van der Waals surface area contributed by atoms with Gasteiger partial charge >= 0.3 is 6.18 Å². The van der Waals surface area contributed by atoms with E-state index in [1.165, 1.54) is 12.3 Å². The molecule has 3 rings (SSSR count). The van der Waals surface area contributed by atoms with Crippen LogP contribution in [0, 0.1) is 11.3 Å². The molecule has 1 unspecified atom stereocenters. The molecule has 2 amide bonds. The second-order valence-electron chi connectivity index (χ2n) is 6.29. The van der Waals surface area contributed by atoms with Gasteiger partial charge in [-0.15, -0.1) is 0 Å². The second-order valence-corrected chi connectivity index (χ2v) is 6.29. The van der Waals surface area contributed by atoms with Gasteiger partial charge in [-0.1, -0.05) is 6.07 Å². The molecule has 146 valence electrons. The molecule has 1 N–H and O–H groups in total. The highest BCUT2D eigenvalue weighted by molar-refractivity contribution is 6.07. The molecule has 0 saturated carbocycles. The molecule has 1 saturated heterocycles. The van der Waals surface area contributed by atoms with Crippen molar-refractivity contribution in [1.82, 2.24) is 15.2 Å². The first kappa shape index (κ1) is 19.5. The normalized spacial score (nSPS) is 19.5. The highest BCUT2D eigenvalue weighted by Crippen LogP contribution is 2.31. The summed E-state index contributed by atoms with van der Waals surface area (Å²) in [6.07, 6.45) is -4.72. The molecule has 2 atom stereocenters. The average Bonchev–Trinajstić information content (AvgIpc) is 3.05. The summed E-state index contributed by atoms with van der Waals surface area (Å²) in [6, 6.07) is 5.09. The Balaban J connectivity index is 1.75. The van der Waals surface area contributed by atoms with Gasteiger partial charge in [0.15, 0.2) is 0 Å². The average molecular weight is 394 g/mol. The van der Waals surface area contributed by atoms with E-state index in [0.717, 1.165) is 23.1 Å². The van der Waals surface area contributed by atoms with E-state index in [-0.39, 0.29) is 29.4 Å². The molecule has 2 aromatic rings. The molecule has 2 heterocycles. The number of likely N-dealkylation sites (tertiary alicyclic amines) is 1. The number of hydrogen-bond acceptors (Lipinski definition) is 4. The third-order valence-corrected chi connectivity index (χ3v) is 4.43. The van der Waals surface area contributed by atoms with E-state index < -0.39 is 42.3 Å². The van der Waals surface area contributed by atoms with Gasteiger partial charge in [0.2, 0.25) is 5.91 Å². The third kappa shape index (κ3) is 3.88. The van der Waals surface area contributed by atoms with E-state index in [1.54, 1.807) is 0 Å². The molecule has 0 bridgehead atoms. The van der Waals surface area contributed by atoms with Crippen molar-refractivity contribution in [1.29, 1.82) is 5.26 Å². The standard InChI is InChI=1S/C18H14F4N4O2/c19-11-6-12(7-23)26(9-11)16(27)8-25-17(28)14-3-4-24-15-5-10(18(20,21)22)1-2-13(14)15/h1-5,11-12H,6,8-9H2,(H,25,28)/t11?,12-/m0/s1. The maximum atomic E-state index is 13.4. The monoisotopic (exact) mass is 394 g/mol. The number of hydrogen-bond donors (Lipinski definition) is 1. The zero-order valence-electron chi connectivity index (χ0n) is 14.3. The molecule has 1 aromatic carbocycles. The highest BCUT2D eigenvalue weighted by atomic mass is 19.4. The topological polar surface area (TPSA) is 86.1 Å². The van der Waals surface area contributed by atoms with Gasteiger partial charge in [0.25, 0.3) is 5.91 Å². The Hall–Kier alpha value is -3.22. The van der Waals surface area contributed by atoms with Crippen LogP contribution in [0.4, 0.5) is 17.6 Å². The van der Waals surface area contributed by atoms with E-state index in [9.17, 15) is 27.2 Å². The zero-order valence-corrected chi connectivity index (χ0v) is 14.3. The second kappa shape index (κ2) is 7.42. The summed E-state index contributed by atoms with van der Waals surface area (Å²) >= 11 is 0. The van der Waals surface area contributed by atoms with Crippen molar-refractivity contribution in [3.05, 3.63) is 41.6 Å². The Morgan fingerprint density at radius 2 is 2.07 bits per heavy atom. The number of halogens is 4. The number of pyridine rings is 1. The minimum absolute atomic E-state index is 0.0156. The number of nitrogens with zero attached hydrogens (tertiary/aromatic N) is 3. The van der Waals surface area contributed by atoms with Gasteiger partial charge in [0.05, 0.1) is 35.8 Å². The lowest BCUT2D eigenvalue weighted by atomic mass is 10.1. The van der Waals surface area contributed by atoms with Crippen LogP contribution in [0.5, 0.6) is 0 Å². The molecule has 28 heavy (non-hydrogen) atoms. The van der Waals surface area contributed by atoms with Gasteiger partial charge in [0, 0.05) is 18.0 Å². The number of amides is 2. The first-order valence-electron chi connectivity index (χ1n) is 8.28. The molecular weight excluding hydrogens is 380 g/mol. The lowest BCUT2D eigenvalue weighted by Crippen LogP contribution is -2.42. The lowest BCUT2D eigenvalue weighted by molar-refractivity contribution is -0.137. The molecule has 0 spiro atoms. The molecule has 1 aromatic heterocycles. The Bertz CT molecular complexity index is 970. The van der Waals surface area contributed by atoms with Gasteiger partial charge in [-0.25, -0.2) is 4.39 Å². The number of alkyl halides is 4. The van der Waals surface area contributed by atoms with Crippen LogP contribution in [0.2, 0.25) is 0 Å². The summed E-state index contributed by atoms with van der Waals surface area (Å²) in [5.74, 6) is -1.30. The van der Waals surface area contributed by atoms with Crippen molar-refractivity contribution < 1.29 is 27.2 Å². The van der Waals surface area contributed by atoms with Crippen LogP contribution in [0.3, 0.4) is 0 Å². The van der Waals surface area contributed by atoms with E-state index >= 15 is 0 Å². The smallest absolute Gasteiger partial charge is 0.343 e. The molecule has 0 radical (unpaired) electrons. The Morgan fingerprint density at radius 1 is 1.32 bits per heavy atom. The molecule has 6 nitrogen and oxygen atoms in total. The number of rotatable bonds is 3. The fourth-order valence-corrected chi connectivity index (χ4v) is 3.06. The van der Waals surface area contributed by atoms with Gasteiger partial charge in [-0.05, 0) is 18.2 Å². The number of nitrogens with one attached hydrogen (secondary N) is 1. The van der Waals surface area contributed by atoms with E-state index in [2.05, 4.69) is 10.3 Å². The van der Waals surface area contributed by atoms with Crippen LogP contribution in [0.1, 0.15) is 22.3 Å². The number of carbonyl (C=O) groups excluding carboxylic acids is 2. The number of aromatic nitrogens is 1. The summed E-state index contributed by atoms with van der Waals surface area (Å²) in [4.78, 5) is 29.5. The Morgan fingerprint density at radius 3 is 2.75 bits per heavy atom. The molecule has 10 heteroatoms. The molecule has 0 aliphatic carbocycles. The summed E-state index contributed by atoms with van der Waals surface area (Å²) < 4.78 is 51.9. The quantitative estimate of drug-likeness (QED) is 0.811. The summed E-state index contributed by atoms with van der Waals surface area (Å²) in [5, 5.41) is 11.5. The fourth-order valence-electron chi connectivity index (χ4n) is 3.06. The predicted molar refractivity (Wildman–Crippen MR) is 89.7 cm³/mol. The van der Waals surface area contributed by atoms with Gasteiger partial charge in [-0.2, -0.15) is 18.4 Å². The fraction of sp³-hybridized carbons (Fsp3) is 0.333. The van der Waals surface area contributed by atoms with Crippen molar-refractivity contribution >= 4 is 22.7 Å². The third-order valence-electron chi connectivity index (χ3n) is 4.43. The maximum Gasteiger partial charge on any atom is 0.416 e. The van der Waals surface area contributed by atoms with Crippen molar-refractivity contribution in [2.24, 2.45) is 0 Å². The molecule has 1 aliphatic heterocycles. The molecule has 1 aliphatic rings. The Labute approximate surface area is 156 Å². The highest BCUT2D eigenvalue weighted by Gasteiger charge is 2.35. The van der Waals surface area contributed by atoms with Crippen LogP contribution < -0.4 is 5.32 Å². The Kier molecular flexibility index (Phi) is 5.18. The molecule has 1 fully saturated rings. The first-order valence-corrected chi connectivity index (χ1v) is 8.28. The van der Waals surface area contributed by atoms with E-state index in [1.807, 2.05) is 6.07 Å². The minimum Gasteiger partial charge on any atom is -0.343 e. The molecular formula is C18H14F4N4O2. The maximum absolute atomic E-state index is 13.4.